The smallest absolute Gasteiger partial charge is 0.223 e. The normalized spacial score (nSPS) is 15.8. The van der Waals surface area contributed by atoms with E-state index in [0.717, 1.165) is 28.9 Å². The Morgan fingerprint density at radius 2 is 2.28 bits per heavy atom. The summed E-state index contributed by atoms with van der Waals surface area (Å²) in [6, 6.07) is 2.51. The van der Waals surface area contributed by atoms with Crippen LogP contribution in [-0.2, 0) is 0 Å². The third kappa shape index (κ3) is 1.91. The molecule has 1 aliphatic carbocycles. The number of aliphatic hydroxyl groups is 1. The van der Waals surface area contributed by atoms with Gasteiger partial charge in [0.05, 0.1) is 12.0 Å². The lowest BCUT2D eigenvalue weighted by molar-refractivity contribution is 0.283. The number of hydrogen-bond acceptors (Lipinski definition) is 6. The lowest BCUT2D eigenvalue weighted by Crippen LogP contribution is -2.42. The highest BCUT2D eigenvalue weighted by Gasteiger charge is 2.27. The number of aliphatic hydroxyl groups excluding tert-OH is 1. The Morgan fingerprint density at radius 3 is 2.94 bits per heavy atom. The number of rotatable bonds is 4. The SMILES string of the molecule is Nc1nc(N(CCO)C2CCC2)c2ccsc2n1. The molecule has 18 heavy (non-hydrogen) atoms. The van der Waals surface area contributed by atoms with E-state index in [4.69, 9.17) is 5.73 Å². The lowest BCUT2D eigenvalue weighted by atomic mass is 9.91. The molecule has 3 N–H and O–H groups in total. The van der Waals surface area contributed by atoms with E-state index >= 15 is 0 Å². The van der Waals surface area contributed by atoms with Crippen LogP contribution in [0.15, 0.2) is 11.4 Å². The fraction of sp³-hybridized carbons (Fsp3) is 0.500. The summed E-state index contributed by atoms with van der Waals surface area (Å²) < 4.78 is 0. The summed E-state index contributed by atoms with van der Waals surface area (Å²) in [6.07, 6.45) is 3.57. The van der Waals surface area contributed by atoms with Crippen molar-refractivity contribution in [3.8, 4) is 0 Å². The zero-order valence-electron chi connectivity index (χ0n) is 10.0. The van der Waals surface area contributed by atoms with Gasteiger partial charge < -0.3 is 15.7 Å². The number of nitrogen functional groups attached to an aromatic ring is 1. The first-order valence-electron chi connectivity index (χ1n) is 6.18. The summed E-state index contributed by atoms with van der Waals surface area (Å²) in [5.41, 5.74) is 5.77. The Morgan fingerprint density at radius 1 is 1.44 bits per heavy atom. The molecular weight excluding hydrogens is 248 g/mol. The molecule has 96 valence electrons. The molecule has 2 aromatic heterocycles. The Kier molecular flexibility index (Phi) is 3.05. The maximum absolute atomic E-state index is 9.24. The third-order valence-corrected chi connectivity index (χ3v) is 4.26. The summed E-state index contributed by atoms with van der Waals surface area (Å²) in [4.78, 5) is 11.7. The highest BCUT2D eigenvalue weighted by molar-refractivity contribution is 7.16. The first-order chi connectivity index (χ1) is 8.79. The van der Waals surface area contributed by atoms with Crippen LogP contribution in [0.1, 0.15) is 19.3 Å². The number of nitrogens with two attached hydrogens (primary N) is 1. The predicted molar refractivity (Wildman–Crippen MR) is 73.9 cm³/mol. The Balaban J connectivity index is 2.06. The topological polar surface area (TPSA) is 75.3 Å². The van der Waals surface area contributed by atoms with Gasteiger partial charge >= 0.3 is 0 Å². The van der Waals surface area contributed by atoms with Gasteiger partial charge in [-0.3, -0.25) is 0 Å². The number of thiophene rings is 1. The van der Waals surface area contributed by atoms with Crippen molar-refractivity contribution in [2.45, 2.75) is 25.3 Å². The van der Waals surface area contributed by atoms with Crippen molar-refractivity contribution in [1.29, 1.82) is 0 Å². The van der Waals surface area contributed by atoms with Crippen LogP contribution in [-0.4, -0.2) is 34.3 Å². The minimum absolute atomic E-state index is 0.131. The molecule has 0 aliphatic heterocycles. The van der Waals surface area contributed by atoms with E-state index in [1.165, 1.54) is 6.42 Å². The van der Waals surface area contributed by atoms with Crippen LogP contribution in [0, 0.1) is 0 Å². The van der Waals surface area contributed by atoms with E-state index in [0.29, 0.717) is 18.5 Å². The fourth-order valence-corrected chi connectivity index (χ4v) is 3.11. The largest absolute Gasteiger partial charge is 0.395 e. The quantitative estimate of drug-likeness (QED) is 0.877. The Hall–Kier alpha value is -1.40. The molecular formula is C12H16N4OS. The molecule has 2 aromatic rings. The maximum atomic E-state index is 9.24. The molecule has 0 atom stereocenters. The van der Waals surface area contributed by atoms with Gasteiger partial charge in [-0.05, 0) is 30.7 Å². The summed E-state index contributed by atoms with van der Waals surface area (Å²) in [5, 5.41) is 12.3. The molecule has 5 nitrogen and oxygen atoms in total. The highest BCUT2D eigenvalue weighted by Crippen LogP contribution is 2.34. The van der Waals surface area contributed by atoms with Crippen LogP contribution >= 0.6 is 11.3 Å². The second-order valence-electron chi connectivity index (χ2n) is 4.55. The van der Waals surface area contributed by atoms with Crippen LogP contribution in [0.25, 0.3) is 10.2 Å². The van der Waals surface area contributed by atoms with Crippen molar-refractivity contribution in [1.82, 2.24) is 9.97 Å². The van der Waals surface area contributed by atoms with Crippen LogP contribution in [0.5, 0.6) is 0 Å². The van der Waals surface area contributed by atoms with Gasteiger partial charge in [-0.2, -0.15) is 4.98 Å². The van der Waals surface area contributed by atoms with Crippen molar-refractivity contribution in [2.24, 2.45) is 0 Å². The van der Waals surface area contributed by atoms with Gasteiger partial charge in [0.1, 0.15) is 10.6 Å². The van der Waals surface area contributed by atoms with Crippen LogP contribution in [0.3, 0.4) is 0 Å². The van der Waals surface area contributed by atoms with E-state index in [1.54, 1.807) is 11.3 Å². The van der Waals surface area contributed by atoms with E-state index in [-0.39, 0.29) is 6.61 Å². The van der Waals surface area contributed by atoms with Crippen LogP contribution < -0.4 is 10.6 Å². The summed E-state index contributed by atoms with van der Waals surface area (Å²) in [6.45, 7) is 0.734. The van der Waals surface area contributed by atoms with Crippen molar-refractivity contribution in [3.05, 3.63) is 11.4 Å². The van der Waals surface area contributed by atoms with Gasteiger partial charge in [0.25, 0.3) is 0 Å². The average Bonchev–Trinajstić information content (AvgIpc) is 2.72. The number of hydrogen-bond donors (Lipinski definition) is 2. The van der Waals surface area contributed by atoms with Gasteiger partial charge in [-0.15, -0.1) is 11.3 Å². The molecule has 0 radical (unpaired) electrons. The van der Waals surface area contributed by atoms with Crippen molar-refractivity contribution >= 4 is 33.3 Å². The lowest BCUT2D eigenvalue weighted by Gasteiger charge is -2.38. The van der Waals surface area contributed by atoms with E-state index in [1.807, 2.05) is 11.4 Å². The average molecular weight is 264 g/mol. The minimum Gasteiger partial charge on any atom is -0.395 e. The van der Waals surface area contributed by atoms with Gasteiger partial charge in [-0.1, -0.05) is 0 Å². The van der Waals surface area contributed by atoms with Crippen LogP contribution in [0.4, 0.5) is 11.8 Å². The predicted octanol–water partition coefficient (Wildman–Crippen LogP) is 1.62. The molecule has 0 spiro atoms. The molecule has 3 rings (SSSR count). The number of anilines is 2. The molecule has 0 saturated heterocycles. The first-order valence-corrected chi connectivity index (χ1v) is 7.06. The number of fused-ring (bicyclic) bond motifs is 1. The number of nitrogens with zero attached hydrogens (tertiary/aromatic N) is 3. The number of aromatic nitrogens is 2. The van der Waals surface area contributed by atoms with Gasteiger partial charge in [0.2, 0.25) is 5.95 Å². The molecule has 1 fully saturated rings. The van der Waals surface area contributed by atoms with E-state index < -0.39 is 0 Å². The Labute approximate surface area is 109 Å². The Bertz CT molecular complexity index is 552. The highest BCUT2D eigenvalue weighted by atomic mass is 32.1. The van der Waals surface area contributed by atoms with Crippen molar-refractivity contribution < 1.29 is 5.11 Å². The van der Waals surface area contributed by atoms with E-state index in [2.05, 4.69) is 14.9 Å². The van der Waals surface area contributed by atoms with Gasteiger partial charge in [-0.25, -0.2) is 4.98 Å². The summed E-state index contributed by atoms with van der Waals surface area (Å²) >= 11 is 1.57. The molecule has 2 heterocycles. The fourth-order valence-electron chi connectivity index (χ4n) is 2.34. The van der Waals surface area contributed by atoms with E-state index in [9.17, 15) is 5.11 Å². The summed E-state index contributed by atoms with van der Waals surface area (Å²) in [7, 11) is 0. The van der Waals surface area contributed by atoms with Gasteiger partial charge in [0.15, 0.2) is 0 Å². The molecule has 1 aliphatic rings. The standard InChI is InChI=1S/C12H16N4OS/c13-12-14-10(9-4-7-18-11(9)15-12)16(5-6-17)8-2-1-3-8/h4,7-8,17H,1-3,5-6H2,(H2,13,14,15). The zero-order chi connectivity index (χ0) is 12.5. The molecule has 0 bridgehead atoms. The zero-order valence-corrected chi connectivity index (χ0v) is 10.9. The molecule has 1 saturated carbocycles. The van der Waals surface area contributed by atoms with Crippen molar-refractivity contribution in [3.63, 3.8) is 0 Å². The molecule has 0 unspecified atom stereocenters. The van der Waals surface area contributed by atoms with Gasteiger partial charge in [0, 0.05) is 12.6 Å². The molecule has 0 aromatic carbocycles. The third-order valence-electron chi connectivity index (χ3n) is 3.45. The molecule has 6 heteroatoms. The summed E-state index contributed by atoms with van der Waals surface area (Å²) in [5.74, 6) is 1.18. The van der Waals surface area contributed by atoms with Crippen LogP contribution in [0.2, 0.25) is 0 Å². The maximum Gasteiger partial charge on any atom is 0.223 e. The first kappa shape index (κ1) is 11.7. The second kappa shape index (κ2) is 4.70. The second-order valence-corrected chi connectivity index (χ2v) is 5.44. The molecule has 0 amide bonds. The minimum atomic E-state index is 0.131. The van der Waals surface area contributed by atoms with Crippen molar-refractivity contribution in [2.75, 3.05) is 23.8 Å². The monoisotopic (exact) mass is 264 g/mol.